The molecule has 0 atom stereocenters. The van der Waals surface area contributed by atoms with Crippen molar-refractivity contribution in [2.45, 2.75) is 6.54 Å². The van der Waals surface area contributed by atoms with Crippen LogP contribution >= 0.6 is 0 Å². The standard InChI is InChI=1S/C14H14N6O2/c1-22-10-7-16-12-11(17-10)13(21)19-14(18-12)20(15)8-9-5-3-2-4-6-9/h2-7H,8,15H2,1H3,(H,16,18,19,21). The molecule has 3 N–H and O–H groups in total. The summed E-state index contributed by atoms with van der Waals surface area (Å²) in [6.07, 6.45) is 1.40. The Hall–Kier alpha value is -3.00. The summed E-state index contributed by atoms with van der Waals surface area (Å²) in [4.78, 5) is 27.0. The molecule has 8 nitrogen and oxygen atoms in total. The number of methoxy groups -OCH3 is 1. The largest absolute Gasteiger partial charge is 0.480 e. The quantitative estimate of drug-likeness (QED) is 0.536. The smallest absolute Gasteiger partial charge is 0.280 e. The van der Waals surface area contributed by atoms with Crippen molar-refractivity contribution < 1.29 is 4.74 Å². The van der Waals surface area contributed by atoms with Crippen LogP contribution < -0.4 is 21.1 Å². The number of hydrogen-bond acceptors (Lipinski definition) is 7. The number of aromatic nitrogens is 4. The molecule has 0 spiro atoms. The predicted octanol–water partition coefficient (Wildman–Crippen LogP) is 0.602. The second-order valence-electron chi connectivity index (χ2n) is 4.59. The van der Waals surface area contributed by atoms with Gasteiger partial charge in [-0.25, -0.2) is 15.8 Å². The van der Waals surface area contributed by atoms with E-state index in [9.17, 15) is 4.79 Å². The van der Waals surface area contributed by atoms with Crippen molar-refractivity contribution in [3.05, 3.63) is 52.4 Å². The number of rotatable bonds is 4. The van der Waals surface area contributed by atoms with Crippen molar-refractivity contribution in [1.82, 2.24) is 19.9 Å². The number of nitrogens with two attached hydrogens (primary N) is 1. The van der Waals surface area contributed by atoms with Gasteiger partial charge >= 0.3 is 0 Å². The summed E-state index contributed by atoms with van der Waals surface area (Å²) in [6.45, 7) is 0.402. The zero-order chi connectivity index (χ0) is 15.5. The van der Waals surface area contributed by atoms with Gasteiger partial charge in [0.05, 0.1) is 19.9 Å². The molecule has 3 aromatic rings. The maximum absolute atomic E-state index is 12.1. The van der Waals surface area contributed by atoms with Gasteiger partial charge in [0.15, 0.2) is 11.2 Å². The Balaban J connectivity index is 1.96. The highest BCUT2D eigenvalue weighted by atomic mass is 16.5. The first-order valence-electron chi connectivity index (χ1n) is 6.54. The molecule has 2 heterocycles. The molecule has 22 heavy (non-hydrogen) atoms. The SMILES string of the molecule is COc1cnc2nc(N(N)Cc3ccccc3)[nH]c(=O)c2n1. The Labute approximate surface area is 125 Å². The van der Waals surface area contributed by atoms with Gasteiger partial charge in [0.1, 0.15) is 0 Å². The molecule has 0 aliphatic carbocycles. The lowest BCUT2D eigenvalue weighted by molar-refractivity contribution is 0.397. The van der Waals surface area contributed by atoms with Crippen molar-refractivity contribution >= 4 is 17.1 Å². The molecule has 8 heteroatoms. The van der Waals surface area contributed by atoms with Gasteiger partial charge in [0.2, 0.25) is 11.8 Å². The fourth-order valence-electron chi connectivity index (χ4n) is 1.98. The maximum atomic E-state index is 12.1. The average Bonchev–Trinajstić information content (AvgIpc) is 2.55. The first-order chi connectivity index (χ1) is 10.7. The van der Waals surface area contributed by atoms with Crippen LogP contribution in [0.25, 0.3) is 11.2 Å². The third kappa shape index (κ3) is 2.72. The summed E-state index contributed by atoms with van der Waals surface area (Å²) in [7, 11) is 1.45. The third-order valence-electron chi connectivity index (χ3n) is 3.06. The van der Waals surface area contributed by atoms with E-state index in [4.69, 9.17) is 10.6 Å². The second kappa shape index (κ2) is 5.78. The summed E-state index contributed by atoms with van der Waals surface area (Å²) in [6, 6.07) is 9.62. The fourth-order valence-corrected chi connectivity index (χ4v) is 1.98. The first kappa shape index (κ1) is 14.0. The molecule has 0 saturated carbocycles. The molecule has 0 bridgehead atoms. The van der Waals surface area contributed by atoms with Gasteiger partial charge in [-0.3, -0.25) is 14.8 Å². The molecular formula is C14H14N6O2. The highest BCUT2D eigenvalue weighted by molar-refractivity contribution is 5.70. The number of ether oxygens (including phenoxy) is 1. The van der Waals surface area contributed by atoms with Gasteiger partial charge in [-0.1, -0.05) is 30.3 Å². The lowest BCUT2D eigenvalue weighted by Crippen LogP contribution is -2.33. The first-order valence-corrected chi connectivity index (χ1v) is 6.54. The molecule has 0 amide bonds. The number of hydrogen-bond donors (Lipinski definition) is 2. The van der Waals surface area contributed by atoms with E-state index in [2.05, 4.69) is 19.9 Å². The Bertz CT molecular complexity index is 849. The minimum atomic E-state index is -0.421. The number of fused-ring (bicyclic) bond motifs is 1. The van der Waals surface area contributed by atoms with Crippen LogP contribution in [0.5, 0.6) is 5.88 Å². The van der Waals surface area contributed by atoms with Crippen LogP contribution in [-0.2, 0) is 6.54 Å². The van der Waals surface area contributed by atoms with Crippen LogP contribution in [0.1, 0.15) is 5.56 Å². The van der Waals surface area contributed by atoms with E-state index in [1.807, 2.05) is 30.3 Å². The highest BCUT2D eigenvalue weighted by Crippen LogP contribution is 2.12. The minimum Gasteiger partial charge on any atom is -0.480 e. The van der Waals surface area contributed by atoms with Crippen molar-refractivity contribution in [2.24, 2.45) is 5.84 Å². The van der Waals surface area contributed by atoms with E-state index in [0.29, 0.717) is 6.54 Å². The fraction of sp³-hybridized carbons (Fsp3) is 0.143. The molecule has 3 rings (SSSR count). The average molecular weight is 298 g/mol. The molecule has 2 aromatic heterocycles. The Morgan fingerprint density at radius 1 is 1.27 bits per heavy atom. The lowest BCUT2D eigenvalue weighted by Gasteiger charge is -2.17. The van der Waals surface area contributed by atoms with Gasteiger partial charge in [0, 0.05) is 0 Å². The summed E-state index contributed by atoms with van der Waals surface area (Å²) in [5.41, 5.74) is 0.891. The topological polar surface area (TPSA) is 110 Å². The molecule has 0 saturated heterocycles. The Morgan fingerprint density at radius 2 is 2.05 bits per heavy atom. The molecule has 0 fully saturated rings. The van der Waals surface area contributed by atoms with Crippen LogP contribution in [0, 0.1) is 0 Å². The summed E-state index contributed by atoms with van der Waals surface area (Å²) >= 11 is 0. The molecule has 0 unspecified atom stereocenters. The minimum absolute atomic E-state index is 0.108. The predicted molar refractivity (Wildman–Crippen MR) is 81.3 cm³/mol. The van der Waals surface area contributed by atoms with E-state index in [-0.39, 0.29) is 23.0 Å². The van der Waals surface area contributed by atoms with Crippen molar-refractivity contribution in [2.75, 3.05) is 12.1 Å². The lowest BCUT2D eigenvalue weighted by atomic mass is 10.2. The van der Waals surface area contributed by atoms with Gasteiger partial charge in [-0.05, 0) is 5.56 Å². The van der Waals surface area contributed by atoms with Crippen LogP contribution in [-0.4, -0.2) is 27.0 Å². The van der Waals surface area contributed by atoms with E-state index >= 15 is 0 Å². The van der Waals surface area contributed by atoms with E-state index in [1.165, 1.54) is 18.3 Å². The third-order valence-corrected chi connectivity index (χ3v) is 3.06. The molecule has 0 aliphatic rings. The molecule has 1 aromatic carbocycles. The summed E-state index contributed by atoms with van der Waals surface area (Å²) < 4.78 is 4.94. The van der Waals surface area contributed by atoms with Gasteiger partial charge in [0.25, 0.3) is 5.56 Å². The molecule has 0 radical (unpaired) electrons. The number of aromatic amines is 1. The van der Waals surface area contributed by atoms with E-state index in [1.54, 1.807) is 0 Å². The number of benzene rings is 1. The maximum Gasteiger partial charge on any atom is 0.280 e. The summed E-state index contributed by atoms with van der Waals surface area (Å²) in [5.74, 6) is 6.45. The van der Waals surface area contributed by atoms with Gasteiger partial charge in [-0.15, -0.1) is 0 Å². The normalized spacial score (nSPS) is 10.6. The van der Waals surface area contributed by atoms with Crippen molar-refractivity contribution in [3.63, 3.8) is 0 Å². The number of hydrazine groups is 1. The number of H-pyrrole nitrogens is 1. The van der Waals surface area contributed by atoms with Crippen molar-refractivity contribution in [1.29, 1.82) is 0 Å². The van der Waals surface area contributed by atoms with Crippen LogP contribution in [0.3, 0.4) is 0 Å². The molecular weight excluding hydrogens is 284 g/mol. The summed E-state index contributed by atoms with van der Waals surface area (Å²) in [5, 5.41) is 1.35. The van der Waals surface area contributed by atoms with Gasteiger partial charge in [-0.2, -0.15) is 4.98 Å². The van der Waals surface area contributed by atoms with Crippen LogP contribution in [0.2, 0.25) is 0 Å². The van der Waals surface area contributed by atoms with Crippen LogP contribution in [0.15, 0.2) is 41.3 Å². The zero-order valence-corrected chi connectivity index (χ0v) is 11.9. The number of nitrogens with zero attached hydrogens (tertiary/aromatic N) is 4. The van der Waals surface area contributed by atoms with E-state index in [0.717, 1.165) is 5.56 Å². The second-order valence-corrected chi connectivity index (χ2v) is 4.59. The highest BCUT2D eigenvalue weighted by Gasteiger charge is 2.11. The molecule has 112 valence electrons. The zero-order valence-electron chi connectivity index (χ0n) is 11.9. The number of anilines is 1. The Kier molecular flexibility index (Phi) is 3.67. The Morgan fingerprint density at radius 3 is 2.77 bits per heavy atom. The van der Waals surface area contributed by atoms with E-state index < -0.39 is 5.56 Å². The van der Waals surface area contributed by atoms with Gasteiger partial charge < -0.3 is 4.74 Å². The monoisotopic (exact) mass is 298 g/mol. The number of nitrogens with one attached hydrogen (secondary N) is 1. The molecule has 0 aliphatic heterocycles. The van der Waals surface area contributed by atoms with Crippen molar-refractivity contribution in [3.8, 4) is 5.88 Å². The van der Waals surface area contributed by atoms with Crippen LogP contribution in [0.4, 0.5) is 5.95 Å².